The van der Waals surface area contributed by atoms with Gasteiger partial charge in [0.1, 0.15) is 5.75 Å². The van der Waals surface area contributed by atoms with Crippen LogP contribution in [0.15, 0.2) is 54.6 Å². The Balaban J connectivity index is 1.33. The quantitative estimate of drug-likeness (QED) is 0.766. The van der Waals surface area contributed by atoms with Gasteiger partial charge in [0, 0.05) is 26.1 Å². The smallest absolute Gasteiger partial charge is 0.257 e. The normalized spacial score (nSPS) is 21.1. The molecule has 29 heavy (non-hydrogen) atoms. The molecule has 2 aromatic rings. The van der Waals surface area contributed by atoms with Crippen molar-refractivity contribution in [1.82, 2.24) is 4.90 Å². The van der Waals surface area contributed by atoms with E-state index in [0.717, 1.165) is 32.3 Å². The molecule has 4 rings (SSSR count). The van der Waals surface area contributed by atoms with Crippen LogP contribution >= 0.6 is 0 Å². The van der Waals surface area contributed by atoms with Gasteiger partial charge in [0.2, 0.25) is 0 Å². The van der Waals surface area contributed by atoms with E-state index >= 15 is 0 Å². The molecule has 0 aromatic heterocycles. The van der Waals surface area contributed by atoms with E-state index < -0.39 is 0 Å². The number of carbonyl (C=O) groups is 1. The highest BCUT2D eigenvalue weighted by molar-refractivity contribution is 5.97. The van der Waals surface area contributed by atoms with E-state index in [0.29, 0.717) is 31.0 Å². The lowest BCUT2D eigenvalue weighted by molar-refractivity contribution is -0.154. The van der Waals surface area contributed by atoms with Gasteiger partial charge in [-0.2, -0.15) is 0 Å². The molecule has 0 bridgehead atoms. The highest BCUT2D eigenvalue weighted by atomic mass is 16.5. The van der Waals surface area contributed by atoms with Crippen LogP contribution in [-0.4, -0.2) is 49.3 Å². The molecule has 0 aliphatic carbocycles. The summed E-state index contributed by atoms with van der Waals surface area (Å²) in [6.07, 6.45) is 3.73. The summed E-state index contributed by atoms with van der Waals surface area (Å²) in [6.45, 7) is 2.75. The highest BCUT2D eigenvalue weighted by Gasteiger charge is 2.41. The van der Waals surface area contributed by atoms with Gasteiger partial charge in [-0.05, 0) is 37.0 Å². The third-order valence-electron chi connectivity index (χ3n) is 6.08. The Morgan fingerprint density at radius 1 is 1.10 bits per heavy atom. The van der Waals surface area contributed by atoms with Gasteiger partial charge in [0.15, 0.2) is 0 Å². The molecule has 1 atom stereocenters. The van der Waals surface area contributed by atoms with E-state index in [4.69, 9.17) is 14.2 Å². The van der Waals surface area contributed by atoms with Crippen LogP contribution in [0.25, 0.3) is 0 Å². The number of amides is 1. The Morgan fingerprint density at radius 3 is 2.59 bits per heavy atom. The standard InChI is InChI=1S/C24H29NO4/c1-27-22-10-6-5-9-21(22)23(26)25-14-12-24(13-15-25)17-20(11-16-29-24)28-18-19-7-3-2-4-8-19/h2-10,20H,11-18H2,1H3. The van der Waals surface area contributed by atoms with Crippen molar-refractivity contribution in [2.24, 2.45) is 0 Å². The first-order chi connectivity index (χ1) is 14.2. The number of hydrogen-bond donors (Lipinski definition) is 0. The third-order valence-corrected chi connectivity index (χ3v) is 6.08. The monoisotopic (exact) mass is 395 g/mol. The molecule has 1 unspecified atom stereocenters. The van der Waals surface area contributed by atoms with Gasteiger partial charge in [0.05, 0.1) is 31.0 Å². The number of hydrogen-bond acceptors (Lipinski definition) is 4. The van der Waals surface area contributed by atoms with Crippen LogP contribution in [0.5, 0.6) is 5.75 Å². The number of rotatable bonds is 5. The SMILES string of the molecule is COc1ccccc1C(=O)N1CCC2(CC1)CC(OCc1ccccc1)CCO2. The highest BCUT2D eigenvalue weighted by Crippen LogP contribution is 2.37. The van der Waals surface area contributed by atoms with E-state index in [-0.39, 0.29) is 17.6 Å². The number of likely N-dealkylation sites (tertiary alicyclic amines) is 1. The van der Waals surface area contributed by atoms with Crippen molar-refractivity contribution in [2.45, 2.75) is 44.0 Å². The third kappa shape index (κ3) is 4.62. The summed E-state index contributed by atoms with van der Waals surface area (Å²) in [5.74, 6) is 0.658. The minimum Gasteiger partial charge on any atom is -0.496 e. The van der Waals surface area contributed by atoms with Crippen LogP contribution in [0.2, 0.25) is 0 Å². The van der Waals surface area contributed by atoms with Crippen molar-refractivity contribution in [1.29, 1.82) is 0 Å². The van der Waals surface area contributed by atoms with Crippen LogP contribution < -0.4 is 4.74 Å². The van der Waals surface area contributed by atoms with Gasteiger partial charge in [-0.25, -0.2) is 0 Å². The Hall–Kier alpha value is -2.37. The average Bonchev–Trinajstić information content (AvgIpc) is 2.78. The first kappa shape index (κ1) is 19.9. The lowest BCUT2D eigenvalue weighted by Gasteiger charge is -2.46. The summed E-state index contributed by atoms with van der Waals surface area (Å²) < 4.78 is 17.8. The van der Waals surface area contributed by atoms with Crippen molar-refractivity contribution in [3.63, 3.8) is 0 Å². The maximum Gasteiger partial charge on any atom is 0.257 e. The second kappa shape index (κ2) is 8.97. The Morgan fingerprint density at radius 2 is 1.83 bits per heavy atom. The number of ether oxygens (including phenoxy) is 3. The van der Waals surface area contributed by atoms with Crippen molar-refractivity contribution in [3.05, 3.63) is 65.7 Å². The molecule has 0 N–H and O–H groups in total. The van der Waals surface area contributed by atoms with Crippen LogP contribution in [0, 0.1) is 0 Å². The Labute approximate surface area is 172 Å². The zero-order valence-corrected chi connectivity index (χ0v) is 17.0. The number of carbonyl (C=O) groups excluding carboxylic acids is 1. The summed E-state index contributed by atoms with van der Waals surface area (Å²) in [7, 11) is 1.60. The van der Waals surface area contributed by atoms with E-state index in [1.54, 1.807) is 7.11 Å². The molecule has 5 nitrogen and oxygen atoms in total. The fourth-order valence-corrected chi connectivity index (χ4v) is 4.37. The lowest BCUT2D eigenvalue weighted by Crippen LogP contribution is -2.52. The lowest BCUT2D eigenvalue weighted by atomic mass is 9.83. The van der Waals surface area contributed by atoms with Gasteiger partial charge in [-0.1, -0.05) is 42.5 Å². The minimum atomic E-state index is -0.169. The molecule has 5 heteroatoms. The molecule has 2 heterocycles. The molecular formula is C24H29NO4. The van der Waals surface area contributed by atoms with E-state index in [9.17, 15) is 4.79 Å². The van der Waals surface area contributed by atoms with Gasteiger partial charge >= 0.3 is 0 Å². The van der Waals surface area contributed by atoms with Crippen molar-refractivity contribution < 1.29 is 19.0 Å². The van der Waals surface area contributed by atoms with Crippen LogP contribution in [0.1, 0.15) is 41.6 Å². The van der Waals surface area contributed by atoms with Crippen LogP contribution in [0.3, 0.4) is 0 Å². The molecule has 1 spiro atoms. The zero-order chi connectivity index (χ0) is 20.1. The first-order valence-electron chi connectivity index (χ1n) is 10.4. The summed E-state index contributed by atoms with van der Waals surface area (Å²) in [5.41, 5.74) is 1.65. The summed E-state index contributed by atoms with van der Waals surface area (Å²) in [5, 5.41) is 0. The number of benzene rings is 2. The van der Waals surface area contributed by atoms with Crippen LogP contribution in [0.4, 0.5) is 0 Å². The predicted octanol–water partition coefficient (Wildman–Crippen LogP) is 4.07. The fourth-order valence-electron chi connectivity index (χ4n) is 4.37. The zero-order valence-electron chi connectivity index (χ0n) is 17.0. The molecule has 154 valence electrons. The Bertz CT molecular complexity index is 815. The maximum absolute atomic E-state index is 13.0. The molecule has 2 saturated heterocycles. The second-order valence-electron chi connectivity index (χ2n) is 7.94. The van der Waals surface area contributed by atoms with Crippen LogP contribution in [-0.2, 0) is 16.1 Å². The number of piperidine rings is 1. The summed E-state index contributed by atoms with van der Waals surface area (Å²) in [4.78, 5) is 14.9. The average molecular weight is 395 g/mol. The number of para-hydroxylation sites is 1. The molecule has 2 aromatic carbocycles. The molecule has 2 aliphatic heterocycles. The van der Waals surface area contributed by atoms with Gasteiger partial charge in [-0.3, -0.25) is 4.79 Å². The first-order valence-corrected chi connectivity index (χ1v) is 10.4. The molecule has 0 radical (unpaired) electrons. The summed E-state index contributed by atoms with van der Waals surface area (Å²) in [6, 6.07) is 17.7. The van der Waals surface area contributed by atoms with Crippen molar-refractivity contribution in [3.8, 4) is 5.75 Å². The number of methoxy groups -OCH3 is 1. The molecule has 0 saturated carbocycles. The topological polar surface area (TPSA) is 48.0 Å². The van der Waals surface area contributed by atoms with Gasteiger partial charge in [-0.15, -0.1) is 0 Å². The maximum atomic E-state index is 13.0. The van der Waals surface area contributed by atoms with Gasteiger partial charge < -0.3 is 19.1 Å². The number of nitrogens with zero attached hydrogens (tertiary/aromatic N) is 1. The van der Waals surface area contributed by atoms with Crippen molar-refractivity contribution in [2.75, 3.05) is 26.8 Å². The van der Waals surface area contributed by atoms with E-state index in [1.165, 1.54) is 5.56 Å². The van der Waals surface area contributed by atoms with Gasteiger partial charge in [0.25, 0.3) is 5.91 Å². The Kier molecular flexibility index (Phi) is 6.16. The molecule has 1 amide bonds. The largest absolute Gasteiger partial charge is 0.496 e. The van der Waals surface area contributed by atoms with E-state index in [2.05, 4.69) is 12.1 Å². The molecular weight excluding hydrogens is 366 g/mol. The molecule has 2 aliphatic rings. The minimum absolute atomic E-state index is 0.0324. The predicted molar refractivity (Wildman–Crippen MR) is 111 cm³/mol. The van der Waals surface area contributed by atoms with Crippen molar-refractivity contribution >= 4 is 5.91 Å². The summed E-state index contributed by atoms with van der Waals surface area (Å²) >= 11 is 0. The second-order valence-corrected chi connectivity index (χ2v) is 7.94. The molecule has 2 fully saturated rings. The van der Waals surface area contributed by atoms with E-state index in [1.807, 2.05) is 47.4 Å². The fraction of sp³-hybridized carbons (Fsp3) is 0.458.